The number of nitrogens with zero attached hydrogens (tertiary/aromatic N) is 1. The van der Waals surface area contributed by atoms with E-state index in [1.807, 2.05) is 48.5 Å². The van der Waals surface area contributed by atoms with E-state index in [1.165, 1.54) is 12.8 Å². The summed E-state index contributed by atoms with van der Waals surface area (Å²) in [5.74, 6) is 0.725. The zero-order chi connectivity index (χ0) is 21.6. The van der Waals surface area contributed by atoms with Gasteiger partial charge in [-0.25, -0.2) is 0 Å². The number of rotatable bonds is 7. The molecule has 1 aliphatic heterocycles. The minimum atomic E-state index is -0.296. The summed E-state index contributed by atoms with van der Waals surface area (Å²) in [6, 6.07) is 16.6. The van der Waals surface area contributed by atoms with Crippen LogP contribution < -0.4 is 10.6 Å². The SMILES string of the molecule is CN1CCC(CCNC(=O)Cc2ccc(NC(=O)c3cc4ccccc4o3)cc2)CC1. The lowest BCUT2D eigenvalue weighted by molar-refractivity contribution is -0.120. The van der Waals surface area contributed by atoms with Gasteiger partial charge in [-0.15, -0.1) is 0 Å². The van der Waals surface area contributed by atoms with Crippen LogP contribution >= 0.6 is 0 Å². The normalized spacial score (nSPS) is 15.1. The van der Waals surface area contributed by atoms with E-state index in [-0.39, 0.29) is 17.6 Å². The third-order valence-electron chi connectivity index (χ3n) is 5.94. The average molecular weight is 420 g/mol. The lowest BCUT2D eigenvalue weighted by Crippen LogP contribution is -2.33. The van der Waals surface area contributed by atoms with Gasteiger partial charge in [-0.3, -0.25) is 9.59 Å². The highest BCUT2D eigenvalue weighted by Gasteiger charge is 2.16. The van der Waals surface area contributed by atoms with Crippen LogP contribution in [0.25, 0.3) is 11.0 Å². The van der Waals surface area contributed by atoms with Crippen molar-refractivity contribution in [1.29, 1.82) is 0 Å². The van der Waals surface area contributed by atoms with Gasteiger partial charge >= 0.3 is 0 Å². The monoisotopic (exact) mass is 419 g/mol. The molecule has 6 heteroatoms. The van der Waals surface area contributed by atoms with Gasteiger partial charge in [-0.1, -0.05) is 30.3 Å². The van der Waals surface area contributed by atoms with Gasteiger partial charge < -0.3 is 20.0 Å². The van der Waals surface area contributed by atoms with Crippen molar-refractivity contribution < 1.29 is 14.0 Å². The number of benzene rings is 2. The number of hydrogen-bond acceptors (Lipinski definition) is 4. The highest BCUT2D eigenvalue weighted by Crippen LogP contribution is 2.21. The fourth-order valence-electron chi connectivity index (χ4n) is 4.01. The van der Waals surface area contributed by atoms with Crippen LogP contribution in [0.15, 0.2) is 59.0 Å². The molecule has 1 aromatic heterocycles. The first-order chi connectivity index (χ1) is 15.1. The topological polar surface area (TPSA) is 74.6 Å². The smallest absolute Gasteiger partial charge is 0.291 e. The Morgan fingerprint density at radius 2 is 1.81 bits per heavy atom. The van der Waals surface area contributed by atoms with E-state index >= 15 is 0 Å². The second kappa shape index (κ2) is 9.79. The fourth-order valence-corrected chi connectivity index (χ4v) is 4.01. The number of furan rings is 1. The number of para-hydroxylation sites is 1. The molecule has 4 rings (SSSR count). The van der Waals surface area contributed by atoms with Crippen LogP contribution in [-0.2, 0) is 11.2 Å². The Bertz CT molecular complexity index is 1000. The molecule has 0 radical (unpaired) electrons. The molecule has 162 valence electrons. The minimum Gasteiger partial charge on any atom is -0.451 e. The number of likely N-dealkylation sites (tertiary alicyclic amines) is 1. The maximum absolute atomic E-state index is 12.4. The van der Waals surface area contributed by atoms with Crippen LogP contribution in [0.1, 0.15) is 35.4 Å². The summed E-state index contributed by atoms with van der Waals surface area (Å²) >= 11 is 0. The second-order valence-electron chi connectivity index (χ2n) is 8.36. The second-order valence-corrected chi connectivity index (χ2v) is 8.36. The molecule has 2 N–H and O–H groups in total. The van der Waals surface area contributed by atoms with Crippen molar-refractivity contribution in [3.8, 4) is 0 Å². The van der Waals surface area contributed by atoms with Gasteiger partial charge in [0.1, 0.15) is 5.58 Å². The summed E-state index contributed by atoms with van der Waals surface area (Å²) in [5, 5.41) is 6.77. The third kappa shape index (κ3) is 5.73. The van der Waals surface area contributed by atoms with Crippen molar-refractivity contribution in [2.45, 2.75) is 25.7 Å². The zero-order valence-corrected chi connectivity index (χ0v) is 17.9. The number of amides is 2. The predicted octanol–water partition coefficient (Wildman–Crippen LogP) is 4.08. The highest BCUT2D eigenvalue weighted by molar-refractivity contribution is 6.04. The quantitative estimate of drug-likeness (QED) is 0.605. The van der Waals surface area contributed by atoms with Gasteiger partial charge in [0.2, 0.25) is 5.91 Å². The van der Waals surface area contributed by atoms with E-state index in [2.05, 4.69) is 22.6 Å². The molecule has 3 aromatic rings. The Balaban J connectivity index is 1.23. The van der Waals surface area contributed by atoms with Crippen LogP contribution in [-0.4, -0.2) is 43.4 Å². The third-order valence-corrected chi connectivity index (χ3v) is 5.94. The van der Waals surface area contributed by atoms with Crippen molar-refractivity contribution in [1.82, 2.24) is 10.2 Å². The molecule has 6 nitrogen and oxygen atoms in total. The van der Waals surface area contributed by atoms with E-state index in [4.69, 9.17) is 4.42 Å². The van der Waals surface area contributed by atoms with Gasteiger partial charge in [-0.05, 0) is 75.1 Å². The molecule has 0 saturated carbocycles. The van der Waals surface area contributed by atoms with Gasteiger partial charge in [0.15, 0.2) is 5.76 Å². The number of fused-ring (bicyclic) bond motifs is 1. The number of carbonyl (C=O) groups is 2. The molecule has 0 unspecified atom stereocenters. The molecule has 0 atom stereocenters. The first kappa shape index (κ1) is 21.1. The first-order valence-corrected chi connectivity index (χ1v) is 10.9. The van der Waals surface area contributed by atoms with Gasteiger partial charge in [0.25, 0.3) is 5.91 Å². The molecule has 2 amide bonds. The van der Waals surface area contributed by atoms with Gasteiger partial charge in [0.05, 0.1) is 6.42 Å². The lowest BCUT2D eigenvalue weighted by atomic mass is 9.94. The summed E-state index contributed by atoms with van der Waals surface area (Å²) in [6.07, 6.45) is 3.82. The van der Waals surface area contributed by atoms with Crippen LogP contribution in [0.4, 0.5) is 5.69 Å². The number of anilines is 1. The van der Waals surface area contributed by atoms with E-state index in [1.54, 1.807) is 6.07 Å². The van der Waals surface area contributed by atoms with Crippen LogP contribution in [0.5, 0.6) is 0 Å². The van der Waals surface area contributed by atoms with Crippen LogP contribution in [0.3, 0.4) is 0 Å². The summed E-state index contributed by atoms with van der Waals surface area (Å²) in [5.41, 5.74) is 2.26. The summed E-state index contributed by atoms with van der Waals surface area (Å²) in [7, 11) is 2.16. The summed E-state index contributed by atoms with van der Waals surface area (Å²) in [4.78, 5) is 27.0. The van der Waals surface area contributed by atoms with E-state index in [0.29, 0.717) is 23.6 Å². The molecule has 31 heavy (non-hydrogen) atoms. The Hall–Kier alpha value is -3.12. The van der Waals surface area contributed by atoms with Crippen molar-refractivity contribution in [2.24, 2.45) is 5.92 Å². The van der Waals surface area contributed by atoms with Gasteiger partial charge in [0, 0.05) is 17.6 Å². The molecule has 0 bridgehead atoms. The van der Waals surface area contributed by atoms with Crippen molar-refractivity contribution >= 4 is 28.5 Å². The Labute approximate surface area is 182 Å². The van der Waals surface area contributed by atoms with E-state index in [9.17, 15) is 9.59 Å². The first-order valence-electron chi connectivity index (χ1n) is 10.9. The molecule has 2 heterocycles. The average Bonchev–Trinajstić information content (AvgIpc) is 3.21. The predicted molar refractivity (Wildman–Crippen MR) is 122 cm³/mol. The molecular formula is C25H29N3O3. The van der Waals surface area contributed by atoms with Crippen molar-refractivity contribution in [2.75, 3.05) is 32.0 Å². The zero-order valence-electron chi connectivity index (χ0n) is 17.9. The van der Waals surface area contributed by atoms with E-state index in [0.717, 1.165) is 37.0 Å². The van der Waals surface area contributed by atoms with Gasteiger partial charge in [-0.2, -0.15) is 0 Å². The number of hydrogen-bond donors (Lipinski definition) is 2. The Morgan fingerprint density at radius 3 is 2.55 bits per heavy atom. The molecule has 2 aromatic carbocycles. The number of piperidine rings is 1. The molecule has 1 fully saturated rings. The summed E-state index contributed by atoms with van der Waals surface area (Å²) < 4.78 is 5.60. The lowest BCUT2D eigenvalue weighted by Gasteiger charge is -2.28. The Morgan fingerprint density at radius 1 is 1.06 bits per heavy atom. The van der Waals surface area contributed by atoms with Crippen molar-refractivity contribution in [3.63, 3.8) is 0 Å². The number of nitrogens with one attached hydrogen (secondary N) is 2. The largest absolute Gasteiger partial charge is 0.451 e. The molecule has 1 saturated heterocycles. The van der Waals surface area contributed by atoms with E-state index < -0.39 is 0 Å². The number of carbonyl (C=O) groups excluding carboxylic acids is 2. The molecular weight excluding hydrogens is 390 g/mol. The highest BCUT2D eigenvalue weighted by atomic mass is 16.3. The molecule has 0 aliphatic carbocycles. The van der Waals surface area contributed by atoms with Crippen LogP contribution in [0.2, 0.25) is 0 Å². The minimum absolute atomic E-state index is 0.0342. The summed E-state index contributed by atoms with van der Waals surface area (Å²) in [6.45, 7) is 3.04. The molecule has 1 aliphatic rings. The Kier molecular flexibility index (Phi) is 6.67. The van der Waals surface area contributed by atoms with Crippen molar-refractivity contribution in [3.05, 3.63) is 65.9 Å². The maximum Gasteiger partial charge on any atom is 0.291 e. The standard InChI is InChI=1S/C25H29N3O3/c1-28-14-11-18(12-15-28)10-13-26-24(29)16-19-6-8-21(9-7-19)27-25(30)23-17-20-4-2-3-5-22(20)31-23/h2-9,17-18H,10-16H2,1H3,(H,26,29)(H,27,30). The van der Waals surface area contributed by atoms with Crippen LogP contribution in [0, 0.1) is 5.92 Å². The fraction of sp³-hybridized carbons (Fsp3) is 0.360. The molecule has 0 spiro atoms. The maximum atomic E-state index is 12.4.